The zero-order valence-electron chi connectivity index (χ0n) is 9.31. The van der Waals surface area contributed by atoms with Crippen molar-refractivity contribution in [1.82, 2.24) is 9.55 Å². The van der Waals surface area contributed by atoms with E-state index in [1.54, 1.807) is 6.20 Å². The minimum absolute atomic E-state index is 0.151. The van der Waals surface area contributed by atoms with Crippen LogP contribution >= 0.6 is 11.6 Å². The van der Waals surface area contributed by atoms with Gasteiger partial charge in [0.1, 0.15) is 5.82 Å². The van der Waals surface area contributed by atoms with Crippen LogP contribution < -0.4 is 5.32 Å². The first-order valence-corrected chi connectivity index (χ1v) is 5.54. The third kappa shape index (κ3) is 2.36. The third-order valence-electron chi connectivity index (χ3n) is 2.45. The molecule has 0 aliphatic carbocycles. The second kappa shape index (κ2) is 4.58. The molecule has 1 atom stereocenters. The fourth-order valence-corrected chi connectivity index (χ4v) is 1.88. The number of anilines is 1. The van der Waals surface area contributed by atoms with Crippen molar-refractivity contribution in [2.45, 2.75) is 13.0 Å². The maximum absolute atomic E-state index is 5.92. The summed E-state index contributed by atoms with van der Waals surface area (Å²) in [6.07, 6.45) is 3.73. The van der Waals surface area contributed by atoms with Gasteiger partial charge in [0.2, 0.25) is 0 Å². The fourth-order valence-electron chi connectivity index (χ4n) is 1.69. The molecule has 84 valence electrons. The van der Waals surface area contributed by atoms with Crippen LogP contribution in [0.1, 0.15) is 18.8 Å². The second-order valence-corrected chi connectivity index (χ2v) is 4.21. The van der Waals surface area contributed by atoms with Crippen molar-refractivity contribution < 1.29 is 0 Å². The number of nitrogens with one attached hydrogen (secondary N) is 1. The Hall–Kier alpha value is -1.48. The van der Waals surface area contributed by atoms with Crippen LogP contribution in [0.4, 0.5) is 5.69 Å². The lowest BCUT2D eigenvalue weighted by Gasteiger charge is -2.15. The quantitative estimate of drug-likeness (QED) is 0.885. The minimum atomic E-state index is 0.151. The first-order chi connectivity index (χ1) is 7.66. The molecular formula is C12H14ClN3. The number of nitrogens with zero attached hydrogens (tertiary/aromatic N) is 2. The molecule has 0 spiro atoms. The van der Waals surface area contributed by atoms with Crippen molar-refractivity contribution >= 4 is 17.3 Å². The molecule has 3 nitrogen and oxygen atoms in total. The monoisotopic (exact) mass is 235 g/mol. The number of aryl methyl sites for hydroxylation is 1. The molecular weight excluding hydrogens is 222 g/mol. The van der Waals surface area contributed by atoms with E-state index in [1.165, 1.54) is 0 Å². The van der Waals surface area contributed by atoms with Crippen molar-refractivity contribution in [2.75, 3.05) is 5.32 Å². The van der Waals surface area contributed by atoms with Crippen molar-refractivity contribution in [3.8, 4) is 0 Å². The Bertz CT molecular complexity index is 479. The standard InChI is InChI=1S/C12H14ClN3/c1-9(12-14-6-7-16(12)2)15-11-5-3-4-10(13)8-11/h3-9,15H,1-2H3. The normalized spacial score (nSPS) is 12.4. The van der Waals surface area contributed by atoms with E-state index in [0.29, 0.717) is 0 Å². The van der Waals surface area contributed by atoms with E-state index >= 15 is 0 Å². The molecule has 1 N–H and O–H groups in total. The summed E-state index contributed by atoms with van der Waals surface area (Å²) in [7, 11) is 1.98. The number of imidazole rings is 1. The van der Waals surface area contributed by atoms with Crippen LogP contribution in [-0.4, -0.2) is 9.55 Å². The van der Waals surface area contributed by atoms with Gasteiger partial charge in [-0.1, -0.05) is 17.7 Å². The molecule has 0 saturated heterocycles. The number of benzene rings is 1. The van der Waals surface area contributed by atoms with Crippen LogP contribution in [0.3, 0.4) is 0 Å². The summed E-state index contributed by atoms with van der Waals surface area (Å²) in [6, 6.07) is 7.83. The van der Waals surface area contributed by atoms with Gasteiger partial charge in [0.15, 0.2) is 0 Å². The highest BCUT2D eigenvalue weighted by Gasteiger charge is 2.09. The number of halogens is 1. The van der Waals surface area contributed by atoms with Crippen LogP contribution in [0.5, 0.6) is 0 Å². The Morgan fingerprint density at radius 3 is 2.88 bits per heavy atom. The molecule has 1 aromatic heterocycles. The molecule has 16 heavy (non-hydrogen) atoms. The first kappa shape index (κ1) is 11.0. The molecule has 2 aromatic rings. The van der Waals surface area contributed by atoms with Crippen LogP contribution in [0, 0.1) is 0 Å². The molecule has 0 aliphatic rings. The Labute approximate surface area is 100 Å². The molecule has 1 aromatic carbocycles. The molecule has 0 aliphatic heterocycles. The Kier molecular flexibility index (Phi) is 3.15. The number of rotatable bonds is 3. The Balaban J connectivity index is 2.14. The topological polar surface area (TPSA) is 29.9 Å². The summed E-state index contributed by atoms with van der Waals surface area (Å²) in [4.78, 5) is 4.30. The molecule has 0 bridgehead atoms. The van der Waals surface area contributed by atoms with Crippen molar-refractivity contribution in [2.24, 2.45) is 7.05 Å². The van der Waals surface area contributed by atoms with Gasteiger partial charge in [0.05, 0.1) is 6.04 Å². The Morgan fingerprint density at radius 2 is 2.25 bits per heavy atom. The van der Waals surface area contributed by atoms with Gasteiger partial charge in [-0.3, -0.25) is 0 Å². The lowest BCUT2D eigenvalue weighted by Crippen LogP contribution is -2.11. The summed E-state index contributed by atoms with van der Waals surface area (Å²) in [5.41, 5.74) is 1.00. The maximum Gasteiger partial charge on any atom is 0.130 e. The van der Waals surface area contributed by atoms with E-state index in [4.69, 9.17) is 11.6 Å². The average Bonchev–Trinajstić information content (AvgIpc) is 2.64. The predicted octanol–water partition coefficient (Wildman–Crippen LogP) is 3.25. The van der Waals surface area contributed by atoms with E-state index in [1.807, 2.05) is 42.1 Å². The second-order valence-electron chi connectivity index (χ2n) is 3.77. The highest BCUT2D eigenvalue weighted by Crippen LogP contribution is 2.20. The van der Waals surface area contributed by atoms with Gasteiger partial charge < -0.3 is 9.88 Å². The fraction of sp³-hybridized carbons (Fsp3) is 0.250. The molecule has 0 fully saturated rings. The highest BCUT2D eigenvalue weighted by atomic mass is 35.5. The van der Waals surface area contributed by atoms with Crippen LogP contribution in [0.25, 0.3) is 0 Å². The van der Waals surface area contributed by atoms with Gasteiger partial charge in [-0.25, -0.2) is 4.98 Å². The van der Waals surface area contributed by atoms with E-state index < -0.39 is 0 Å². The summed E-state index contributed by atoms with van der Waals surface area (Å²) < 4.78 is 2.00. The minimum Gasteiger partial charge on any atom is -0.375 e. The smallest absolute Gasteiger partial charge is 0.130 e. The van der Waals surface area contributed by atoms with Gasteiger partial charge in [-0.15, -0.1) is 0 Å². The van der Waals surface area contributed by atoms with Crippen LogP contribution in [0.15, 0.2) is 36.7 Å². The zero-order valence-corrected chi connectivity index (χ0v) is 10.1. The average molecular weight is 236 g/mol. The number of aromatic nitrogens is 2. The molecule has 1 heterocycles. The largest absolute Gasteiger partial charge is 0.375 e. The zero-order chi connectivity index (χ0) is 11.5. The number of hydrogen-bond acceptors (Lipinski definition) is 2. The van der Waals surface area contributed by atoms with Gasteiger partial charge in [0.25, 0.3) is 0 Å². The van der Waals surface area contributed by atoms with E-state index in [2.05, 4.69) is 17.2 Å². The molecule has 1 unspecified atom stereocenters. The molecule has 0 radical (unpaired) electrons. The summed E-state index contributed by atoms with van der Waals surface area (Å²) in [5.74, 6) is 1.000. The van der Waals surface area contributed by atoms with Crippen molar-refractivity contribution in [1.29, 1.82) is 0 Å². The predicted molar refractivity (Wildman–Crippen MR) is 66.7 cm³/mol. The SMILES string of the molecule is CC(Nc1cccc(Cl)c1)c1nccn1C. The van der Waals surface area contributed by atoms with E-state index in [-0.39, 0.29) is 6.04 Å². The summed E-state index contributed by atoms with van der Waals surface area (Å²) in [6.45, 7) is 2.07. The molecule has 0 amide bonds. The lowest BCUT2D eigenvalue weighted by molar-refractivity contribution is 0.722. The van der Waals surface area contributed by atoms with Gasteiger partial charge >= 0.3 is 0 Å². The third-order valence-corrected chi connectivity index (χ3v) is 2.69. The molecule has 2 rings (SSSR count). The molecule has 0 saturated carbocycles. The Morgan fingerprint density at radius 1 is 1.44 bits per heavy atom. The van der Waals surface area contributed by atoms with Crippen molar-refractivity contribution in [3.05, 3.63) is 47.5 Å². The van der Waals surface area contributed by atoms with Gasteiger partial charge in [-0.2, -0.15) is 0 Å². The maximum atomic E-state index is 5.92. The highest BCUT2D eigenvalue weighted by molar-refractivity contribution is 6.30. The van der Waals surface area contributed by atoms with E-state index in [0.717, 1.165) is 16.5 Å². The molecule has 4 heteroatoms. The number of hydrogen-bond donors (Lipinski definition) is 1. The van der Waals surface area contributed by atoms with Crippen LogP contribution in [-0.2, 0) is 7.05 Å². The van der Waals surface area contributed by atoms with Gasteiger partial charge in [0, 0.05) is 30.2 Å². The van der Waals surface area contributed by atoms with E-state index in [9.17, 15) is 0 Å². The van der Waals surface area contributed by atoms with Crippen LogP contribution in [0.2, 0.25) is 5.02 Å². The lowest BCUT2D eigenvalue weighted by atomic mass is 10.2. The summed E-state index contributed by atoms with van der Waals surface area (Å²) >= 11 is 5.92. The first-order valence-electron chi connectivity index (χ1n) is 5.16. The summed E-state index contributed by atoms with van der Waals surface area (Å²) in [5, 5.41) is 4.09. The van der Waals surface area contributed by atoms with Crippen molar-refractivity contribution in [3.63, 3.8) is 0 Å². The van der Waals surface area contributed by atoms with Gasteiger partial charge in [-0.05, 0) is 25.1 Å².